The molecule has 0 saturated carbocycles. The molecule has 0 radical (unpaired) electrons. The molecule has 0 aliphatic carbocycles. The highest BCUT2D eigenvalue weighted by Gasteiger charge is 2.27. The SMILES string of the molecule is Cc1noc(C2CCN(C(=O)c3ccc(-n4cnc5ccccc54)cc3)CC2)n1. The smallest absolute Gasteiger partial charge is 0.253 e. The topological polar surface area (TPSA) is 77.0 Å². The van der Waals surface area contributed by atoms with E-state index in [2.05, 4.69) is 15.1 Å². The molecule has 3 heterocycles. The summed E-state index contributed by atoms with van der Waals surface area (Å²) in [6.07, 6.45) is 3.49. The zero-order valence-corrected chi connectivity index (χ0v) is 16.2. The van der Waals surface area contributed by atoms with Gasteiger partial charge in [0, 0.05) is 30.3 Å². The molecule has 5 rings (SSSR count). The highest BCUT2D eigenvalue weighted by atomic mass is 16.5. The van der Waals surface area contributed by atoms with E-state index in [-0.39, 0.29) is 11.8 Å². The Morgan fingerprint density at radius 2 is 1.83 bits per heavy atom. The number of hydrogen-bond acceptors (Lipinski definition) is 5. The van der Waals surface area contributed by atoms with Crippen molar-refractivity contribution in [2.24, 2.45) is 0 Å². The average molecular weight is 387 g/mol. The van der Waals surface area contributed by atoms with Gasteiger partial charge in [0.15, 0.2) is 5.82 Å². The van der Waals surface area contributed by atoms with E-state index in [1.54, 1.807) is 0 Å². The van der Waals surface area contributed by atoms with E-state index in [1.807, 2.05) is 71.2 Å². The number of imidazole rings is 1. The summed E-state index contributed by atoms with van der Waals surface area (Å²) < 4.78 is 7.32. The van der Waals surface area contributed by atoms with Crippen LogP contribution in [0.25, 0.3) is 16.7 Å². The van der Waals surface area contributed by atoms with Crippen molar-refractivity contribution in [2.45, 2.75) is 25.7 Å². The minimum Gasteiger partial charge on any atom is -0.339 e. The number of carbonyl (C=O) groups is 1. The molecule has 0 atom stereocenters. The van der Waals surface area contributed by atoms with Crippen LogP contribution in [0.4, 0.5) is 0 Å². The predicted octanol–water partition coefficient (Wildman–Crippen LogP) is 3.74. The summed E-state index contributed by atoms with van der Waals surface area (Å²) in [4.78, 5) is 23.6. The van der Waals surface area contributed by atoms with Crippen molar-refractivity contribution in [1.29, 1.82) is 0 Å². The van der Waals surface area contributed by atoms with Gasteiger partial charge in [0.05, 0.1) is 11.0 Å². The summed E-state index contributed by atoms with van der Waals surface area (Å²) >= 11 is 0. The molecule has 7 heteroatoms. The van der Waals surface area contributed by atoms with Crippen LogP contribution in [-0.4, -0.2) is 43.6 Å². The molecule has 146 valence electrons. The Bertz CT molecular complexity index is 1150. The van der Waals surface area contributed by atoms with Crippen molar-refractivity contribution < 1.29 is 9.32 Å². The summed E-state index contributed by atoms with van der Waals surface area (Å²) in [6.45, 7) is 3.21. The van der Waals surface area contributed by atoms with Crippen molar-refractivity contribution >= 4 is 16.9 Å². The maximum atomic E-state index is 12.9. The molecule has 0 spiro atoms. The highest BCUT2D eigenvalue weighted by Crippen LogP contribution is 2.27. The highest BCUT2D eigenvalue weighted by molar-refractivity contribution is 5.94. The number of para-hydroxylation sites is 2. The van der Waals surface area contributed by atoms with Gasteiger partial charge in [-0.15, -0.1) is 0 Å². The van der Waals surface area contributed by atoms with Crippen LogP contribution < -0.4 is 0 Å². The molecule has 1 aliphatic heterocycles. The molecule has 1 saturated heterocycles. The maximum Gasteiger partial charge on any atom is 0.253 e. The summed E-state index contributed by atoms with van der Waals surface area (Å²) in [5.74, 6) is 1.64. The van der Waals surface area contributed by atoms with Gasteiger partial charge in [-0.1, -0.05) is 17.3 Å². The van der Waals surface area contributed by atoms with Crippen molar-refractivity contribution in [2.75, 3.05) is 13.1 Å². The summed E-state index contributed by atoms with van der Waals surface area (Å²) in [6, 6.07) is 15.7. The van der Waals surface area contributed by atoms with Crippen molar-refractivity contribution in [3.05, 3.63) is 72.1 Å². The Morgan fingerprint density at radius 1 is 1.07 bits per heavy atom. The minimum atomic E-state index is 0.0622. The second-order valence-electron chi connectivity index (χ2n) is 7.40. The molecule has 1 fully saturated rings. The van der Waals surface area contributed by atoms with Crippen LogP contribution >= 0.6 is 0 Å². The molecular weight excluding hydrogens is 366 g/mol. The fraction of sp³-hybridized carbons (Fsp3) is 0.273. The first kappa shape index (κ1) is 17.6. The number of piperidine rings is 1. The average Bonchev–Trinajstić information content (AvgIpc) is 3.40. The third-order valence-electron chi connectivity index (χ3n) is 5.52. The van der Waals surface area contributed by atoms with Gasteiger partial charge in [-0.05, 0) is 56.2 Å². The van der Waals surface area contributed by atoms with E-state index in [4.69, 9.17) is 4.52 Å². The zero-order chi connectivity index (χ0) is 19.8. The van der Waals surface area contributed by atoms with Gasteiger partial charge in [0.25, 0.3) is 5.91 Å². The van der Waals surface area contributed by atoms with Gasteiger partial charge in [-0.2, -0.15) is 4.98 Å². The van der Waals surface area contributed by atoms with E-state index in [9.17, 15) is 4.79 Å². The first-order valence-corrected chi connectivity index (χ1v) is 9.81. The molecule has 0 unspecified atom stereocenters. The lowest BCUT2D eigenvalue weighted by Crippen LogP contribution is -2.38. The molecule has 0 bridgehead atoms. The normalized spacial score (nSPS) is 15.1. The quantitative estimate of drug-likeness (QED) is 0.535. The Balaban J connectivity index is 1.28. The van der Waals surface area contributed by atoms with Crippen molar-refractivity contribution in [3.8, 4) is 5.69 Å². The third-order valence-corrected chi connectivity index (χ3v) is 5.52. The van der Waals surface area contributed by atoms with Crippen molar-refractivity contribution in [1.82, 2.24) is 24.6 Å². The van der Waals surface area contributed by atoms with Crippen LogP contribution in [0, 0.1) is 6.92 Å². The van der Waals surface area contributed by atoms with E-state index >= 15 is 0 Å². The van der Waals surface area contributed by atoms with Gasteiger partial charge in [0.2, 0.25) is 5.89 Å². The molecule has 7 nitrogen and oxygen atoms in total. The Labute approximate surface area is 168 Å². The largest absolute Gasteiger partial charge is 0.339 e. The van der Waals surface area contributed by atoms with Crippen LogP contribution in [0.1, 0.15) is 40.8 Å². The summed E-state index contributed by atoms with van der Waals surface area (Å²) in [5, 5.41) is 3.87. The second-order valence-corrected chi connectivity index (χ2v) is 7.40. The van der Waals surface area contributed by atoms with Crippen LogP contribution in [0.2, 0.25) is 0 Å². The predicted molar refractivity (Wildman–Crippen MR) is 108 cm³/mol. The number of hydrogen-bond donors (Lipinski definition) is 0. The number of likely N-dealkylation sites (tertiary alicyclic amines) is 1. The molecule has 1 amide bonds. The molecule has 0 N–H and O–H groups in total. The lowest BCUT2D eigenvalue weighted by atomic mass is 9.96. The van der Waals surface area contributed by atoms with E-state index < -0.39 is 0 Å². The number of rotatable bonds is 3. The van der Waals surface area contributed by atoms with Gasteiger partial charge >= 0.3 is 0 Å². The fourth-order valence-corrected chi connectivity index (χ4v) is 3.92. The Kier molecular flexibility index (Phi) is 4.35. The van der Waals surface area contributed by atoms with Crippen LogP contribution in [-0.2, 0) is 0 Å². The van der Waals surface area contributed by atoms with Gasteiger partial charge < -0.3 is 9.42 Å². The lowest BCUT2D eigenvalue weighted by Gasteiger charge is -2.30. The van der Waals surface area contributed by atoms with Crippen molar-refractivity contribution in [3.63, 3.8) is 0 Å². The van der Waals surface area contributed by atoms with E-state index in [0.717, 1.165) is 29.6 Å². The number of carbonyl (C=O) groups excluding carboxylic acids is 1. The number of fused-ring (bicyclic) bond motifs is 1. The minimum absolute atomic E-state index is 0.0622. The number of nitrogens with zero attached hydrogens (tertiary/aromatic N) is 5. The van der Waals surface area contributed by atoms with E-state index in [0.29, 0.717) is 30.4 Å². The van der Waals surface area contributed by atoms with Gasteiger partial charge in [-0.3, -0.25) is 9.36 Å². The van der Waals surface area contributed by atoms with Crippen LogP contribution in [0.15, 0.2) is 59.4 Å². The fourth-order valence-electron chi connectivity index (χ4n) is 3.92. The first-order chi connectivity index (χ1) is 14.2. The summed E-state index contributed by atoms with van der Waals surface area (Å²) in [5.41, 5.74) is 3.68. The zero-order valence-electron chi connectivity index (χ0n) is 16.2. The Morgan fingerprint density at radius 3 is 2.55 bits per heavy atom. The molecule has 29 heavy (non-hydrogen) atoms. The maximum absolute atomic E-state index is 12.9. The van der Waals surface area contributed by atoms with Crippen LogP contribution in [0.3, 0.4) is 0 Å². The molecule has 2 aromatic heterocycles. The third kappa shape index (κ3) is 3.29. The first-order valence-electron chi connectivity index (χ1n) is 9.81. The van der Waals surface area contributed by atoms with Gasteiger partial charge in [0.1, 0.15) is 6.33 Å². The second kappa shape index (κ2) is 7.16. The standard InChI is InChI=1S/C22H21N5O2/c1-15-24-21(29-25-15)16-10-12-26(13-11-16)22(28)17-6-8-18(9-7-17)27-14-23-19-4-2-3-5-20(19)27/h2-9,14,16H,10-13H2,1H3. The number of aromatic nitrogens is 4. The monoisotopic (exact) mass is 387 g/mol. The lowest BCUT2D eigenvalue weighted by molar-refractivity contribution is 0.0704. The number of amides is 1. The molecular formula is C22H21N5O2. The van der Waals surface area contributed by atoms with Gasteiger partial charge in [-0.25, -0.2) is 4.98 Å². The van der Waals surface area contributed by atoms with E-state index in [1.165, 1.54) is 0 Å². The van der Waals surface area contributed by atoms with Crippen LogP contribution in [0.5, 0.6) is 0 Å². The molecule has 2 aromatic carbocycles. The Hall–Kier alpha value is -3.48. The molecule has 1 aliphatic rings. The molecule has 4 aromatic rings. The number of benzene rings is 2. The summed E-state index contributed by atoms with van der Waals surface area (Å²) in [7, 11) is 0. The number of aryl methyl sites for hydroxylation is 1.